The number of nitrogens with zero attached hydrogens (tertiary/aromatic N) is 3. The van der Waals surface area contributed by atoms with Crippen molar-refractivity contribution in [2.75, 3.05) is 26.8 Å². The van der Waals surface area contributed by atoms with Crippen molar-refractivity contribution in [3.8, 4) is 0 Å². The molecule has 12 heteroatoms. The average molecular weight is 572 g/mol. The van der Waals surface area contributed by atoms with Crippen LogP contribution >= 0.6 is 0 Å². The molecular weight excluding hydrogens is 530 g/mol. The van der Waals surface area contributed by atoms with Crippen molar-refractivity contribution >= 4 is 17.7 Å². The highest BCUT2D eigenvalue weighted by molar-refractivity contribution is 5.76. The third kappa shape index (κ3) is 6.37. The Hall–Kier alpha value is -3.15. The first kappa shape index (κ1) is 30.8. The van der Waals surface area contributed by atoms with Crippen LogP contribution in [0.25, 0.3) is 10.4 Å². The summed E-state index contributed by atoms with van der Waals surface area (Å²) in [5.74, 6) is -0.149. The summed E-state index contributed by atoms with van der Waals surface area (Å²) in [6, 6.07) is 5.46. The number of hydrogen-bond acceptors (Lipinski definition) is 8. The van der Waals surface area contributed by atoms with Crippen LogP contribution < -0.4 is 10.6 Å². The molecule has 3 aliphatic rings. The second kappa shape index (κ2) is 12.4. The van der Waals surface area contributed by atoms with Crippen molar-refractivity contribution in [3.05, 3.63) is 51.4 Å². The highest BCUT2D eigenvalue weighted by Crippen LogP contribution is 2.62. The Morgan fingerprint density at radius 2 is 2.02 bits per heavy atom. The van der Waals surface area contributed by atoms with Gasteiger partial charge in [-0.15, -0.1) is 0 Å². The Morgan fingerprint density at radius 1 is 1.29 bits per heavy atom. The van der Waals surface area contributed by atoms with Gasteiger partial charge in [0.25, 0.3) is 0 Å². The Balaban J connectivity index is 1.24. The number of benzene rings is 1. The van der Waals surface area contributed by atoms with E-state index in [-0.39, 0.29) is 31.5 Å². The summed E-state index contributed by atoms with van der Waals surface area (Å²) >= 11 is 0. The van der Waals surface area contributed by atoms with Crippen LogP contribution in [-0.4, -0.2) is 79.0 Å². The first-order chi connectivity index (χ1) is 19.5. The number of alkyl carbamates (subject to hydrolysis) is 1. The normalized spacial score (nSPS) is 31.5. The predicted molar refractivity (Wildman–Crippen MR) is 151 cm³/mol. The molecule has 1 saturated carbocycles. The number of nitrogens with one attached hydrogen (secondary N) is 2. The molecule has 1 unspecified atom stereocenters. The molecule has 1 aliphatic carbocycles. The molecule has 0 aromatic heterocycles. The first-order valence-corrected chi connectivity index (χ1v) is 14.1. The summed E-state index contributed by atoms with van der Waals surface area (Å²) in [5.41, 5.74) is 8.95. The third-order valence-corrected chi connectivity index (χ3v) is 8.49. The molecule has 1 aromatic rings. The maximum absolute atomic E-state index is 12.6. The maximum Gasteiger partial charge on any atom is 0.407 e. The van der Waals surface area contributed by atoms with E-state index in [1.165, 1.54) is 12.7 Å². The summed E-state index contributed by atoms with van der Waals surface area (Å²) in [6.45, 7) is 8.57. The SMILES string of the molecule is CO[C@@H]1[C@H](OC(=O)NCCNC(=O)CCc2ccc(N=[N+]=[N-])c(C)c2)CC[C@]2(CO2)[C@@]1(O)C1(C)O[C@@H]1CC=C(C)C. The van der Waals surface area contributed by atoms with E-state index >= 15 is 0 Å². The summed E-state index contributed by atoms with van der Waals surface area (Å²) < 4.78 is 23.4. The fourth-order valence-electron chi connectivity index (χ4n) is 6.01. The number of rotatable bonds is 12. The number of methoxy groups -OCH3 is 1. The van der Waals surface area contributed by atoms with E-state index < -0.39 is 35.1 Å². The molecule has 1 spiro atoms. The van der Waals surface area contributed by atoms with Crippen LogP contribution in [0.4, 0.5) is 10.5 Å². The molecule has 2 amide bonds. The fraction of sp³-hybridized carbons (Fsp3) is 0.655. The van der Waals surface area contributed by atoms with Gasteiger partial charge in [-0.05, 0) is 70.0 Å². The number of carbonyl (C=O) groups is 2. The van der Waals surface area contributed by atoms with Gasteiger partial charge in [0.05, 0.1) is 12.7 Å². The molecule has 0 radical (unpaired) electrons. The monoisotopic (exact) mass is 571 g/mol. The van der Waals surface area contributed by atoms with Crippen molar-refractivity contribution in [1.82, 2.24) is 10.6 Å². The molecule has 2 heterocycles. The number of epoxide rings is 2. The molecule has 4 rings (SSSR count). The second-order valence-corrected chi connectivity index (χ2v) is 11.5. The van der Waals surface area contributed by atoms with Crippen LogP contribution in [0.1, 0.15) is 57.6 Å². The number of allylic oxidation sites excluding steroid dienone is 1. The second-order valence-electron chi connectivity index (χ2n) is 11.5. The van der Waals surface area contributed by atoms with Gasteiger partial charge in [0, 0.05) is 37.2 Å². The lowest BCUT2D eigenvalue weighted by Gasteiger charge is -2.49. The van der Waals surface area contributed by atoms with E-state index in [9.17, 15) is 14.7 Å². The number of ether oxygens (including phenoxy) is 4. The summed E-state index contributed by atoms with van der Waals surface area (Å²) in [7, 11) is 1.49. The van der Waals surface area contributed by atoms with Gasteiger partial charge in [-0.25, -0.2) is 4.79 Å². The molecule has 6 atom stereocenters. The van der Waals surface area contributed by atoms with Crippen molar-refractivity contribution in [1.29, 1.82) is 0 Å². The van der Waals surface area contributed by atoms with Gasteiger partial charge in [-0.1, -0.05) is 35.0 Å². The maximum atomic E-state index is 12.6. The number of azide groups is 1. The smallest absolute Gasteiger partial charge is 0.407 e. The lowest BCUT2D eigenvalue weighted by Crippen LogP contribution is -2.70. The summed E-state index contributed by atoms with van der Waals surface area (Å²) in [5, 5.41) is 21.2. The standard InChI is InChI=1S/C29H41N5O7/c1-18(2)6-10-23-27(4,41-23)29(37)25(38-5)22(12-13-28(29)17-39-28)40-26(36)32-15-14-31-24(35)11-8-20-7-9-21(33-34-30)19(3)16-20/h6-7,9,16,22-23,25,37H,8,10-15,17H2,1-5H3,(H,31,35)(H,32,36)/t22-,23-,25-,27?,28+,29+/m1/s1. The first-order valence-electron chi connectivity index (χ1n) is 14.1. The van der Waals surface area contributed by atoms with Gasteiger partial charge in [-0.3, -0.25) is 4.79 Å². The van der Waals surface area contributed by atoms with Crippen molar-refractivity contribution in [2.45, 2.75) is 94.9 Å². The molecule has 224 valence electrons. The molecule has 41 heavy (non-hydrogen) atoms. The number of aryl methyl sites for hydroxylation is 2. The Bertz CT molecular complexity index is 1220. The third-order valence-electron chi connectivity index (χ3n) is 8.49. The van der Waals surface area contributed by atoms with Gasteiger partial charge in [0.2, 0.25) is 5.91 Å². The van der Waals surface area contributed by atoms with Gasteiger partial charge in [-0.2, -0.15) is 0 Å². The quantitative estimate of drug-likeness (QED) is 0.0852. The summed E-state index contributed by atoms with van der Waals surface area (Å²) in [4.78, 5) is 27.7. The van der Waals surface area contributed by atoms with E-state index in [2.05, 4.69) is 26.7 Å². The van der Waals surface area contributed by atoms with Crippen molar-refractivity contribution < 1.29 is 33.6 Å². The lowest BCUT2D eigenvalue weighted by molar-refractivity contribution is -0.223. The van der Waals surface area contributed by atoms with Gasteiger partial charge in [0.1, 0.15) is 23.4 Å². The fourth-order valence-corrected chi connectivity index (χ4v) is 6.01. The van der Waals surface area contributed by atoms with E-state index in [1.807, 2.05) is 39.8 Å². The van der Waals surface area contributed by atoms with Crippen LogP contribution in [-0.2, 0) is 30.2 Å². The Kier molecular flexibility index (Phi) is 9.30. The zero-order chi connectivity index (χ0) is 29.8. The van der Waals surface area contributed by atoms with E-state index in [1.54, 1.807) is 6.07 Å². The zero-order valence-corrected chi connectivity index (χ0v) is 24.4. The molecule has 1 aromatic carbocycles. The molecular formula is C29H41N5O7. The Morgan fingerprint density at radius 3 is 2.66 bits per heavy atom. The van der Waals surface area contributed by atoms with Crippen LogP contribution in [0, 0.1) is 6.92 Å². The van der Waals surface area contributed by atoms with E-state index in [0.29, 0.717) is 38.0 Å². The molecule has 3 fully saturated rings. The largest absolute Gasteiger partial charge is 0.443 e. The minimum Gasteiger partial charge on any atom is -0.443 e. The van der Waals surface area contributed by atoms with E-state index in [0.717, 1.165) is 11.1 Å². The predicted octanol–water partition coefficient (Wildman–Crippen LogP) is 3.90. The number of carbonyl (C=O) groups excluding carboxylic acids is 2. The average Bonchev–Trinajstić information content (AvgIpc) is 3.85. The Labute approximate surface area is 240 Å². The topological polar surface area (TPSA) is 171 Å². The van der Waals surface area contributed by atoms with Gasteiger partial charge < -0.3 is 34.7 Å². The van der Waals surface area contributed by atoms with Crippen LogP contribution in [0.2, 0.25) is 0 Å². The number of amides is 2. The minimum atomic E-state index is -1.49. The van der Waals surface area contributed by atoms with Crippen LogP contribution in [0.15, 0.2) is 35.0 Å². The number of aliphatic hydroxyl groups is 1. The molecule has 2 aliphatic heterocycles. The minimum absolute atomic E-state index is 0.149. The van der Waals surface area contributed by atoms with Crippen LogP contribution in [0.5, 0.6) is 0 Å². The van der Waals surface area contributed by atoms with Crippen molar-refractivity contribution in [2.24, 2.45) is 5.11 Å². The van der Waals surface area contributed by atoms with Gasteiger partial charge in [0.15, 0.2) is 5.60 Å². The van der Waals surface area contributed by atoms with Gasteiger partial charge >= 0.3 is 6.09 Å². The highest BCUT2D eigenvalue weighted by Gasteiger charge is 2.81. The summed E-state index contributed by atoms with van der Waals surface area (Å²) in [6.07, 6.45) is 2.15. The molecule has 12 nitrogen and oxygen atoms in total. The molecule has 3 N–H and O–H groups in total. The van der Waals surface area contributed by atoms with E-state index in [4.69, 9.17) is 24.5 Å². The molecule has 0 bridgehead atoms. The zero-order valence-electron chi connectivity index (χ0n) is 24.4. The lowest BCUT2D eigenvalue weighted by atomic mass is 9.64. The van der Waals surface area contributed by atoms with Crippen molar-refractivity contribution in [3.63, 3.8) is 0 Å². The number of hydrogen-bond donors (Lipinski definition) is 3. The van der Waals surface area contributed by atoms with Crippen LogP contribution in [0.3, 0.4) is 0 Å². The molecule has 2 saturated heterocycles. The highest BCUT2D eigenvalue weighted by atomic mass is 16.7.